The van der Waals surface area contributed by atoms with Crippen molar-refractivity contribution in [3.63, 3.8) is 0 Å². The molecule has 3 nitrogen and oxygen atoms in total. The number of benzene rings is 2. The fraction of sp³-hybridized carbons (Fsp3) is 0.250. The summed E-state index contributed by atoms with van der Waals surface area (Å²) in [7, 11) is 0. The first-order chi connectivity index (χ1) is 9.08. The van der Waals surface area contributed by atoms with Crippen LogP contribution in [0.4, 0.5) is 0 Å². The van der Waals surface area contributed by atoms with Crippen LogP contribution >= 0.6 is 0 Å². The first kappa shape index (κ1) is 13.3. The first-order valence-corrected chi connectivity index (χ1v) is 6.44. The maximum atomic E-state index is 10.1. The third-order valence-electron chi connectivity index (χ3n) is 3.35. The number of rotatable bonds is 3. The molecule has 0 bridgehead atoms. The van der Waals surface area contributed by atoms with Crippen molar-refractivity contribution in [1.29, 1.82) is 0 Å². The highest BCUT2D eigenvalue weighted by Crippen LogP contribution is 2.42. The van der Waals surface area contributed by atoms with Gasteiger partial charge in [0.2, 0.25) is 0 Å². The summed E-state index contributed by atoms with van der Waals surface area (Å²) in [6.45, 7) is 4.02. The quantitative estimate of drug-likeness (QED) is 0.737. The summed E-state index contributed by atoms with van der Waals surface area (Å²) in [5, 5.41) is 29.6. The molecule has 100 valence electrons. The number of phenols is 3. The molecule has 0 aliphatic carbocycles. The Kier molecular flexibility index (Phi) is 3.65. The molecule has 0 fully saturated rings. The van der Waals surface area contributed by atoms with Crippen molar-refractivity contribution in [1.82, 2.24) is 0 Å². The van der Waals surface area contributed by atoms with Crippen LogP contribution in [0, 0.1) is 0 Å². The van der Waals surface area contributed by atoms with Gasteiger partial charge in [-0.1, -0.05) is 26.0 Å². The molecular formula is C16H18O3. The lowest BCUT2D eigenvalue weighted by atomic mass is 9.91. The summed E-state index contributed by atoms with van der Waals surface area (Å²) in [6.07, 6.45) is 1.53. The van der Waals surface area contributed by atoms with Crippen molar-refractivity contribution < 1.29 is 15.3 Å². The fourth-order valence-electron chi connectivity index (χ4n) is 2.44. The van der Waals surface area contributed by atoms with Crippen LogP contribution in [0.1, 0.15) is 25.0 Å². The van der Waals surface area contributed by atoms with Gasteiger partial charge in [0.1, 0.15) is 5.75 Å². The van der Waals surface area contributed by atoms with Crippen molar-refractivity contribution in [3.8, 4) is 28.4 Å². The standard InChI is InChI=1S/C16H18O3/c1-3-10-9-14(18)16(19)15(13(10)4-2)11-6-5-7-12(17)8-11/h5-9,17-19H,3-4H2,1-2H3. The van der Waals surface area contributed by atoms with Crippen LogP contribution in [-0.2, 0) is 12.8 Å². The third-order valence-corrected chi connectivity index (χ3v) is 3.35. The zero-order valence-corrected chi connectivity index (χ0v) is 11.1. The molecule has 0 aromatic heterocycles. The average molecular weight is 258 g/mol. The number of aryl methyl sites for hydroxylation is 1. The normalized spacial score (nSPS) is 10.6. The molecule has 3 heteroatoms. The highest BCUT2D eigenvalue weighted by molar-refractivity contribution is 5.78. The van der Waals surface area contributed by atoms with Crippen LogP contribution in [0.15, 0.2) is 30.3 Å². The highest BCUT2D eigenvalue weighted by Gasteiger charge is 2.17. The molecule has 0 heterocycles. The summed E-state index contributed by atoms with van der Waals surface area (Å²) >= 11 is 0. The van der Waals surface area contributed by atoms with E-state index in [9.17, 15) is 15.3 Å². The van der Waals surface area contributed by atoms with Gasteiger partial charge in [0.05, 0.1) is 0 Å². The molecule has 0 saturated carbocycles. The maximum Gasteiger partial charge on any atom is 0.165 e. The first-order valence-electron chi connectivity index (χ1n) is 6.44. The summed E-state index contributed by atoms with van der Waals surface area (Å²) in [5.41, 5.74) is 3.33. The number of phenolic OH excluding ortho intramolecular Hbond substituents is 3. The molecular weight excluding hydrogens is 240 g/mol. The van der Waals surface area contributed by atoms with Crippen LogP contribution in [0.5, 0.6) is 17.2 Å². The Hall–Kier alpha value is -2.16. The molecule has 3 N–H and O–H groups in total. The summed E-state index contributed by atoms with van der Waals surface area (Å²) in [5.74, 6) is -0.104. The summed E-state index contributed by atoms with van der Waals surface area (Å²) in [4.78, 5) is 0. The predicted molar refractivity (Wildman–Crippen MR) is 75.6 cm³/mol. The molecule has 0 atom stereocenters. The lowest BCUT2D eigenvalue weighted by Gasteiger charge is -2.16. The van der Waals surface area contributed by atoms with Crippen molar-refractivity contribution in [2.24, 2.45) is 0 Å². The lowest BCUT2D eigenvalue weighted by molar-refractivity contribution is 0.404. The average Bonchev–Trinajstić information content (AvgIpc) is 2.40. The van der Waals surface area contributed by atoms with Crippen molar-refractivity contribution in [3.05, 3.63) is 41.5 Å². The zero-order valence-electron chi connectivity index (χ0n) is 11.1. The van der Waals surface area contributed by atoms with E-state index in [-0.39, 0.29) is 17.2 Å². The van der Waals surface area contributed by atoms with Gasteiger partial charge in [-0.15, -0.1) is 0 Å². The zero-order chi connectivity index (χ0) is 14.0. The van der Waals surface area contributed by atoms with Crippen LogP contribution in [0.3, 0.4) is 0 Å². The summed E-state index contributed by atoms with van der Waals surface area (Å²) in [6, 6.07) is 8.31. The van der Waals surface area contributed by atoms with E-state index < -0.39 is 0 Å². The molecule has 0 aliphatic heterocycles. The Morgan fingerprint density at radius 1 is 0.947 bits per heavy atom. The van der Waals surface area contributed by atoms with E-state index in [4.69, 9.17) is 0 Å². The smallest absolute Gasteiger partial charge is 0.165 e. The minimum atomic E-state index is -0.125. The van der Waals surface area contributed by atoms with E-state index in [1.807, 2.05) is 19.9 Å². The van der Waals surface area contributed by atoms with Gasteiger partial charge < -0.3 is 15.3 Å². The van der Waals surface area contributed by atoms with Crippen LogP contribution in [0.2, 0.25) is 0 Å². The van der Waals surface area contributed by atoms with E-state index in [1.165, 1.54) is 0 Å². The minimum Gasteiger partial charge on any atom is -0.508 e. The van der Waals surface area contributed by atoms with E-state index in [2.05, 4.69) is 0 Å². The van der Waals surface area contributed by atoms with E-state index in [0.717, 1.165) is 24.0 Å². The van der Waals surface area contributed by atoms with Gasteiger partial charge >= 0.3 is 0 Å². The Balaban J connectivity index is 2.77. The lowest BCUT2D eigenvalue weighted by Crippen LogP contribution is -1.96. The predicted octanol–water partition coefficient (Wildman–Crippen LogP) is 3.60. The topological polar surface area (TPSA) is 60.7 Å². The van der Waals surface area contributed by atoms with Gasteiger partial charge in [0, 0.05) is 5.56 Å². The highest BCUT2D eigenvalue weighted by atomic mass is 16.3. The van der Waals surface area contributed by atoms with Crippen LogP contribution in [0.25, 0.3) is 11.1 Å². The van der Waals surface area contributed by atoms with Gasteiger partial charge in [0.25, 0.3) is 0 Å². The van der Waals surface area contributed by atoms with Crippen LogP contribution < -0.4 is 0 Å². The van der Waals surface area contributed by atoms with Gasteiger partial charge in [-0.05, 0) is 47.7 Å². The Bertz CT molecular complexity index is 603. The second-order valence-corrected chi connectivity index (χ2v) is 4.51. The number of hydrogen-bond acceptors (Lipinski definition) is 3. The van der Waals surface area contributed by atoms with Crippen molar-refractivity contribution in [2.75, 3.05) is 0 Å². The van der Waals surface area contributed by atoms with E-state index in [1.54, 1.807) is 24.3 Å². The molecule has 0 amide bonds. The molecule has 0 unspecified atom stereocenters. The fourth-order valence-corrected chi connectivity index (χ4v) is 2.44. The van der Waals surface area contributed by atoms with Gasteiger partial charge in [-0.2, -0.15) is 0 Å². The maximum absolute atomic E-state index is 10.1. The second kappa shape index (κ2) is 5.22. The Labute approximate surface area is 112 Å². The minimum absolute atomic E-state index is 0.118. The van der Waals surface area contributed by atoms with E-state index in [0.29, 0.717) is 11.1 Å². The Morgan fingerprint density at radius 3 is 2.26 bits per heavy atom. The van der Waals surface area contributed by atoms with Crippen molar-refractivity contribution in [2.45, 2.75) is 26.7 Å². The molecule has 19 heavy (non-hydrogen) atoms. The second-order valence-electron chi connectivity index (χ2n) is 4.51. The van der Waals surface area contributed by atoms with Crippen LogP contribution in [-0.4, -0.2) is 15.3 Å². The SMILES string of the molecule is CCc1cc(O)c(O)c(-c2cccc(O)c2)c1CC. The Morgan fingerprint density at radius 2 is 1.68 bits per heavy atom. The van der Waals surface area contributed by atoms with Crippen molar-refractivity contribution >= 4 is 0 Å². The monoisotopic (exact) mass is 258 g/mol. The summed E-state index contributed by atoms with van der Waals surface area (Å²) < 4.78 is 0. The van der Waals surface area contributed by atoms with E-state index >= 15 is 0 Å². The molecule has 0 aliphatic rings. The van der Waals surface area contributed by atoms with Gasteiger partial charge in [0.15, 0.2) is 11.5 Å². The van der Waals surface area contributed by atoms with Gasteiger partial charge in [-0.3, -0.25) is 0 Å². The van der Waals surface area contributed by atoms with Gasteiger partial charge in [-0.25, -0.2) is 0 Å². The molecule has 0 radical (unpaired) electrons. The number of aromatic hydroxyl groups is 3. The molecule has 2 aromatic carbocycles. The molecule has 0 spiro atoms. The molecule has 2 aromatic rings. The third kappa shape index (κ3) is 2.36. The largest absolute Gasteiger partial charge is 0.508 e. The molecule has 0 saturated heterocycles. The molecule has 2 rings (SSSR count). The number of hydrogen-bond donors (Lipinski definition) is 3.